The number of thiophene rings is 1. The van der Waals surface area contributed by atoms with E-state index in [2.05, 4.69) is 10.3 Å². The molecular weight excluding hydrogens is 458 g/mol. The van der Waals surface area contributed by atoms with Gasteiger partial charge in [-0.2, -0.15) is 0 Å². The molecule has 0 bridgehead atoms. The average Bonchev–Trinajstić information content (AvgIpc) is 3.48. The zero-order valence-corrected chi connectivity index (χ0v) is 20.1. The van der Waals surface area contributed by atoms with E-state index in [1.165, 1.54) is 11.8 Å². The van der Waals surface area contributed by atoms with Crippen LogP contribution in [0.2, 0.25) is 0 Å². The molecule has 3 heterocycles. The number of amidine groups is 1. The normalized spacial score (nSPS) is 17.4. The lowest BCUT2D eigenvalue weighted by Gasteiger charge is -2.35. The molecule has 0 spiro atoms. The number of hydrogen-bond donors (Lipinski definition) is 1. The van der Waals surface area contributed by atoms with Crippen molar-refractivity contribution in [3.05, 3.63) is 80.7 Å². The van der Waals surface area contributed by atoms with Crippen LogP contribution in [0.3, 0.4) is 0 Å². The van der Waals surface area contributed by atoms with Crippen LogP contribution in [0.4, 0.5) is 0 Å². The van der Waals surface area contributed by atoms with Gasteiger partial charge in [0.05, 0.1) is 24.3 Å². The highest BCUT2D eigenvalue weighted by Gasteiger charge is 2.41. The monoisotopic (exact) mass is 483 g/mol. The van der Waals surface area contributed by atoms with Gasteiger partial charge in [0.2, 0.25) is 5.91 Å². The number of carbonyl (C=O) groups excluding carboxylic acids is 2. The Balaban J connectivity index is 1.54. The Morgan fingerprint density at radius 1 is 1.15 bits per heavy atom. The maximum absolute atomic E-state index is 13.0. The van der Waals surface area contributed by atoms with Crippen molar-refractivity contribution in [2.24, 2.45) is 4.99 Å². The number of carbonyl (C=O) groups is 2. The van der Waals surface area contributed by atoms with Gasteiger partial charge in [0.25, 0.3) is 0 Å². The molecule has 0 fully saturated rings. The van der Waals surface area contributed by atoms with Crippen molar-refractivity contribution in [2.75, 3.05) is 20.3 Å². The maximum atomic E-state index is 13.0. The van der Waals surface area contributed by atoms with Crippen molar-refractivity contribution in [1.29, 1.82) is 0 Å². The lowest BCUT2D eigenvalue weighted by molar-refractivity contribution is -0.141. The maximum Gasteiger partial charge on any atom is 0.338 e. The molecule has 9 heteroatoms. The smallest absolute Gasteiger partial charge is 0.338 e. The van der Waals surface area contributed by atoms with Crippen molar-refractivity contribution in [3.8, 4) is 0 Å². The first-order valence-corrected chi connectivity index (χ1v) is 12.3. The minimum atomic E-state index is -0.421. The first-order valence-electron chi connectivity index (χ1n) is 10.5. The lowest BCUT2D eigenvalue weighted by Crippen LogP contribution is -2.37. The van der Waals surface area contributed by atoms with Crippen LogP contribution in [0.25, 0.3) is 0 Å². The molecule has 1 aromatic carbocycles. The van der Waals surface area contributed by atoms with Crippen LogP contribution in [0.5, 0.6) is 0 Å². The molecule has 1 N–H and O–H groups in total. The van der Waals surface area contributed by atoms with Crippen LogP contribution in [0.1, 0.15) is 29.8 Å². The fourth-order valence-electron chi connectivity index (χ4n) is 3.67. The number of nitrogens with zero attached hydrogens (tertiary/aromatic N) is 2. The number of methoxy groups -OCH3 is 1. The molecule has 2 aliphatic heterocycles. The van der Waals surface area contributed by atoms with Gasteiger partial charge in [-0.25, -0.2) is 9.79 Å². The number of allylic oxidation sites excluding steroid dienone is 1. The van der Waals surface area contributed by atoms with E-state index in [0.29, 0.717) is 24.4 Å². The average molecular weight is 484 g/mol. The minimum Gasteiger partial charge on any atom is -0.460 e. The standard InChI is InChI=1S/C24H25N3O4S2/c1-16-21(23(29)31-11-10-30-2)22(19-9-6-12-32-19)27-18(15-33-24(27)26-16)13-20(28)25-14-17-7-4-3-5-8-17/h3-9,12,15,22H,10-11,13-14H2,1-2H3,(H,25,28). The van der Waals surface area contributed by atoms with Gasteiger partial charge in [0.15, 0.2) is 5.17 Å². The number of aliphatic imine (C=N–C) groups is 1. The molecule has 2 aromatic rings. The number of rotatable bonds is 9. The fourth-order valence-corrected chi connectivity index (χ4v) is 5.45. The predicted molar refractivity (Wildman–Crippen MR) is 130 cm³/mol. The Labute approximate surface area is 201 Å². The topological polar surface area (TPSA) is 80.2 Å². The molecule has 0 aliphatic carbocycles. The van der Waals surface area contributed by atoms with E-state index in [-0.39, 0.29) is 18.9 Å². The molecule has 0 radical (unpaired) electrons. The fraction of sp³-hybridized carbons (Fsp3) is 0.292. The van der Waals surface area contributed by atoms with E-state index >= 15 is 0 Å². The second-order valence-corrected chi connectivity index (χ2v) is 9.29. The highest BCUT2D eigenvalue weighted by molar-refractivity contribution is 8.16. The van der Waals surface area contributed by atoms with E-state index in [4.69, 9.17) is 9.47 Å². The van der Waals surface area contributed by atoms with Crippen LogP contribution in [0, 0.1) is 0 Å². The van der Waals surface area contributed by atoms with E-state index in [9.17, 15) is 9.59 Å². The van der Waals surface area contributed by atoms with E-state index in [0.717, 1.165) is 21.3 Å². The number of amides is 1. The minimum absolute atomic E-state index is 0.0904. The van der Waals surface area contributed by atoms with Gasteiger partial charge in [-0.3, -0.25) is 4.79 Å². The lowest BCUT2D eigenvalue weighted by atomic mass is 9.99. The molecular formula is C24H25N3O4S2. The third kappa shape index (κ3) is 5.38. The highest BCUT2D eigenvalue weighted by atomic mass is 32.2. The number of thioether (sulfide) groups is 1. The molecule has 0 saturated heterocycles. The molecule has 33 heavy (non-hydrogen) atoms. The molecule has 4 rings (SSSR count). The summed E-state index contributed by atoms with van der Waals surface area (Å²) >= 11 is 3.02. The molecule has 0 saturated carbocycles. The molecule has 1 amide bonds. The van der Waals surface area contributed by atoms with E-state index in [1.807, 2.05) is 65.1 Å². The predicted octanol–water partition coefficient (Wildman–Crippen LogP) is 4.22. The molecule has 2 aliphatic rings. The summed E-state index contributed by atoms with van der Waals surface area (Å²) in [5, 5.41) is 7.65. The quantitative estimate of drug-likeness (QED) is 0.425. The Hall–Kier alpha value is -2.88. The van der Waals surface area contributed by atoms with Gasteiger partial charge in [-0.05, 0) is 29.3 Å². The Morgan fingerprint density at radius 2 is 1.97 bits per heavy atom. The molecule has 1 atom stereocenters. The second-order valence-electron chi connectivity index (χ2n) is 7.48. The number of nitrogens with one attached hydrogen (secondary N) is 1. The molecule has 7 nitrogen and oxygen atoms in total. The summed E-state index contributed by atoms with van der Waals surface area (Å²) in [6, 6.07) is 13.3. The number of hydrogen-bond acceptors (Lipinski definition) is 8. The Morgan fingerprint density at radius 3 is 2.70 bits per heavy atom. The van der Waals surface area contributed by atoms with E-state index in [1.54, 1.807) is 18.4 Å². The van der Waals surface area contributed by atoms with E-state index < -0.39 is 12.0 Å². The summed E-state index contributed by atoms with van der Waals surface area (Å²) in [5.41, 5.74) is 2.95. The summed E-state index contributed by atoms with van der Waals surface area (Å²) in [6.07, 6.45) is 0.186. The third-order valence-electron chi connectivity index (χ3n) is 5.23. The summed E-state index contributed by atoms with van der Waals surface area (Å²) in [4.78, 5) is 33.4. The van der Waals surface area contributed by atoms with Crippen LogP contribution in [0.15, 0.2) is 75.2 Å². The highest BCUT2D eigenvalue weighted by Crippen LogP contribution is 2.45. The van der Waals surface area contributed by atoms with Crippen LogP contribution in [-0.2, 0) is 25.6 Å². The number of benzene rings is 1. The van der Waals surface area contributed by atoms with Crippen molar-refractivity contribution in [3.63, 3.8) is 0 Å². The Kier molecular flexibility index (Phi) is 7.64. The largest absolute Gasteiger partial charge is 0.460 e. The number of esters is 1. The van der Waals surface area contributed by atoms with Crippen LogP contribution in [-0.4, -0.2) is 42.3 Å². The zero-order valence-electron chi connectivity index (χ0n) is 18.4. The van der Waals surface area contributed by atoms with Gasteiger partial charge in [0, 0.05) is 24.2 Å². The SMILES string of the molecule is COCCOC(=O)C1=C(C)N=C2SC=C(CC(=O)NCc3ccccc3)N2C1c1cccs1. The number of ether oxygens (including phenoxy) is 2. The molecule has 1 unspecified atom stereocenters. The van der Waals surface area contributed by atoms with Crippen molar-refractivity contribution < 1.29 is 19.1 Å². The van der Waals surface area contributed by atoms with Gasteiger partial charge in [0.1, 0.15) is 12.6 Å². The second kappa shape index (κ2) is 10.8. The third-order valence-corrected chi connectivity index (χ3v) is 7.04. The number of fused-ring (bicyclic) bond motifs is 1. The summed E-state index contributed by atoms with van der Waals surface area (Å²) in [6.45, 7) is 2.77. The van der Waals surface area contributed by atoms with Gasteiger partial charge < -0.3 is 19.7 Å². The molecule has 172 valence electrons. The first kappa shape index (κ1) is 23.3. The van der Waals surface area contributed by atoms with Gasteiger partial charge in [-0.15, -0.1) is 11.3 Å². The Bertz CT molecular complexity index is 1090. The van der Waals surface area contributed by atoms with Crippen LogP contribution >= 0.6 is 23.1 Å². The summed E-state index contributed by atoms with van der Waals surface area (Å²) < 4.78 is 10.5. The van der Waals surface area contributed by atoms with Gasteiger partial charge in [-0.1, -0.05) is 48.2 Å². The molecule has 1 aromatic heterocycles. The summed E-state index contributed by atoms with van der Waals surface area (Å²) in [7, 11) is 1.56. The van der Waals surface area contributed by atoms with Gasteiger partial charge >= 0.3 is 5.97 Å². The van der Waals surface area contributed by atoms with Crippen molar-refractivity contribution in [1.82, 2.24) is 10.2 Å². The van der Waals surface area contributed by atoms with Crippen molar-refractivity contribution >= 4 is 40.1 Å². The van der Waals surface area contributed by atoms with Crippen molar-refractivity contribution in [2.45, 2.75) is 25.9 Å². The first-order chi connectivity index (χ1) is 16.1. The zero-order chi connectivity index (χ0) is 23.2. The summed E-state index contributed by atoms with van der Waals surface area (Å²) in [5.74, 6) is -0.511. The van der Waals surface area contributed by atoms with Crippen LogP contribution < -0.4 is 5.32 Å².